The van der Waals surface area contributed by atoms with E-state index < -0.39 is 5.41 Å². The second-order valence-corrected chi connectivity index (χ2v) is 6.87. The Balaban J connectivity index is 1.91. The molecule has 0 bridgehead atoms. The lowest BCUT2D eigenvalue weighted by molar-refractivity contribution is -0.133. The van der Waals surface area contributed by atoms with Crippen LogP contribution >= 0.6 is 0 Å². The standard InChI is InChI=1S/C21H23FN2O2/c1-15-14-18(22)8-9-19(15)23-20(26)21(17-6-4-3-5-7-17)10-12-24(13-11-21)16(2)25/h3-9,14H,10-13H2,1-2H3,(H,23,26). The second-order valence-electron chi connectivity index (χ2n) is 6.87. The van der Waals surface area contributed by atoms with Crippen LogP contribution in [-0.2, 0) is 15.0 Å². The van der Waals surface area contributed by atoms with Gasteiger partial charge in [-0.1, -0.05) is 30.3 Å². The number of nitrogens with one attached hydrogen (secondary N) is 1. The molecule has 1 aliphatic heterocycles. The molecule has 0 spiro atoms. The molecule has 0 radical (unpaired) electrons. The van der Waals surface area contributed by atoms with Gasteiger partial charge in [-0.15, -0.1) is 0 Å². The zero-order valence-electron chi connectivity index (χ0n) is 15.1. The number of halogens is 1. The summed E-state index contributed by atoms with van der Waals surface area (Å²) in [6.45, 7) is 4.41. The third kappa shape index (κ3) is 3.47. The molecule has 4 nitrogen and oxygen atoms in total. The Labute approximate surface area is 153 Å². The van der Waals surface area contributed by atoms with Crippen molar-refractivity contribution < 1.29 is 14.0 Å². The van der Waals surface area contributed by atoms with E-state index in [2.05, 4.69) is 5.32 Å². The highest BCUT2D eigenvalue weighted by molar-refractivity contribution is 6.00. The summed E-state index contributed by atoms with van der Waals surface area (Å²) in [6.07, 6.45) is 1.12. The lowest BCUT2D eigenvalue weighted by Crippen LogP contribution is -2.50. The fourth-order valence-electron chi connectivity index (χ4n) is 3.62. The van der Waals surface area contributed by atoms with Crippen LogP contribution in [0.5, 0.6) is 0 Å². The Morgan fingerprint density at radius 2 is 1.73 bits per heavy atom. The summed E-state index contributed by atoms with van der Waals surface area (Å²) in [5, 5.41) is 2.98. The first kappa shape index (κ1) is 18.1. The summed E-state index contributed by atoms with van der Waals surface area (Å²) in [6, 6.07) is 14.0. The number of anilines is 1. The second kappa shape index (κ2) is 7.28. The van der Waals surface area contributed by atoms with E-state index in [0.717, 1.165) is 5.56 Å². The van der Waals surface area contributed by atoms with Gasteiger partial charge in [-0.3, -0.25) is 9.59 Å². The fraction of sp³-hybridized carbons (Fsp3) is 0.333. The molecule has 2 aromatic carbocycles. The molecule has 136 valence electrons. The number of nitrogens with zero attached hydrogens (tertiary/aromatic N) is 1. The Morgan fingerprint density at radius 3 is 2.31 bits per heavy atom. The van der Waals surface area contributed by atoms with Gasteiger partial charge in [-0.05, 0) is 49.1 Å². The average molecular weight is 354 g/mol. The van der Waals surface area contributed by atoms with E-state index in [4.69, 9.17) is 0 Å². The minimum absolute atomic E-state index is 0.0291. The molecule has 1 saturated heterocycles. The number of carbonyl (C=O) groups excluding carboxylic acids is 2. The van der Waals surface area contributed by atoms with Gasteiger partial charge in [0.1, 0.15) is 5.82 Å². The van der Waals surface area contributed by atoms with E-state index in [9.17, 15) is 14.0 Å². The van der Waals surface area contributed by atoms with Crippen molar-refractivity contribution in [2.24, 2.45) is 0 Å². The highest BCUT2D eigenvalue weighted by Gasteiger charge is 2.43. The highest BCUT2D eigenvalue weighted by atomic mass is 19.1. The quantitative estimate of drug-likeness (QED) is 0.915. The molecule has 1 heterocycles. The molecular formula is C21H23FN2O2. The average Bonchev–Trinajstić information content (AvgIpc) is 2.64. The number of benzene rings is 2. The third-order valence-electron chi connectivity index (χ3n) is 5.26. The lowest BCUT2D eigenvalue weighted by Gasteiger charge is -2.40. The van der Waals surface area contributed by atoms with Gasteiger partial charge in [-0.2, -0.15) is 0 Å². The normalized spacial score (nSPS) is 16.2. The predicted molar refractivity (Wildman–Crippen MR) is 99.4 cm³/mol. The topological polar surface area (TPSA) is 49.4 Å². The smallest absolute Gasteiger partial charge is 0.235 e. The first-order chi connectivity index (χ1) is 12.4. The molecule has 0 aromatic heterocycles. The molecule has 5 heteroatoms. The Hall–Kier alpha value is -2.69. The summed E-state index contributed by atoms with van der Waals surface area (Å²) >= 11 is 0. The molecule has 1 aliphatic rings. The van der Waals surface area contributed by atoms with Gasteiger partial charge in [0.15, 0.2) is 0 Å². The molecular weight excluding hydrogens is 331 g/mol. The molecule has 3 rings (SSSR count). The number of piperidine rings is 1. The van der Waals surface area contributed by atoms with Crippen LogP contribution in [0.4, 0.5) is 10.1 Å². The molecule has 1 fully saturated rings. The van der Waals surface area contributed by atoms with E-state index in [-0.39, 0.29) is 17.6 Å². The van der Waals surface area contributed by atoms with Crippen LogP contribution in [0.3, 0.4) is 0 Å². The molecule has 0 saturated carbocycles. The van der Waals surface area contributed by atoms with Crippen LogP contribution in [0, 0.1) is 12.7 Å². The summed E-state index contributed by atoms with van der Waals surface area (Å²) in [7, 11) is 0. The van der Waals surface area contributed by atoms with Crippen LogP contribution in [0.25, 0.3) is 0 Å². The van der Waals surface area contributed by atoms with Crippen LogP contribution in [-0.4, -0.2) is 29.8 Å². The molecule has 0 unspecified atom stereocenters. The summed E-state index contributed by atoms with van der Waals surface area (Å²) < 4.78 is 13.3. The molecule has 2 aromatic rings. The number of amides is 2. The zero-order valence-corrected chi connectivity index (χ0v) is 15.1. The molecule has 0 atom stereocenters. The Kier molecular flexibility index (Phi) is 5.07. The van der Waals surface area contributed by atoms with Gasteiger partial charge in [0, 0.05) is 25.7 Å². The van der Waals surface area contributed by atoms with Crippen LogP contribution in [0.2, 0.25) is 0 Å². The predicted octanol–water partition coefficient (Wildman–Crippen LogP) is 3.65. The van der Waals surface area contributed by atoms with E-state index >= 15 is 0 Å². The van der Waals surface area contributed by atoms with Crippen molar-refractivity contribution in [3.8, 4) is 0 Å². The molecule has 26 heavy (non-hydrogen) atoms. The highest BCUT2D eigenvalue weighted by Crippen LogP contribution is 2.37. The maximum Gasteiger partial charge on any atom is 0.235 e. The van der Waals surface area contributed by atoms with Crippen molar-refractivity contribution in [3.63, 3.8) is 0 Å². The minimum Gasteiger partial charge on any atom is -0.343 e. The van der Waals surface area contributed by atoms with E-state index in [0.29, 0.717) is 37.2 Å². The van der Waals surface area contributed by atoms with Crippen molar-refractivity contribution in [2.75, 3.05) is 18.4 Å². The van der Waals surface area contributed by atoms with Crippen LogP contribution in [0.1, 0.15) is 30.9 Å². The van der Waals surface area contributed by atoms with E-state index in [1.54, 1.807) is 24.8 Å². The number of likely N-dealkylation sites (tertiary alicyclic amines) is 1. The molecule has 2 amide bonds. The zero-order chi connectivity index (χ0) is 18.7. The van der Waals surface area contributed by atoms with Crippen molar-refractivity contribution >= 4 is 17.5 Å². The van der Waals surface area contributed by atoms with Gasteiger partial charge in [0.25, 0.3) is 0 Å². The molecule has 1 N–H and O–H groups in total. The van der Waals surface area contributed by atoms with Crippen molar-refractivity contribution in [3.05, 3.63) is 65.5 Å². The summed E-state index contributed by atoms with van der Waals surface area (Å²) in [5.74, 6) is -0.406. The van der Waals surface area contributed by atoms with Gasteiger partial charge in [0.2, 0.25) is 11.8 Å². The van der Waals surface area contributed by atoms with Gasteiger partial charge in [-0.25, -0.2) is 4.39 Å². The molecule has 0 aliphatic carbocycles. The first-order valence-corrected chi connectivity index (χ1v) is 8.81. The Morgan fingerprint density at radius 1 is 1.08 bits per heavy atom. The monoisotopic (exact) mass is 354 g/mol. The lowest BCUT2D eigenvalue weighted by atomic mass is 9.72. The Bertz CT molecular complexity index is 812. The van der Waals surface area contributed by atoms with Gasteiger partial charge in [0.05, 0.1) is 5.41 Å². The SMILES string of the molecule is CC(=O)N1CCC(C(=O)Nc2ccc(F)cc2C)(c2ccccc2)CC1. The summed E-state index contributed by atoms with van der Waals surface area (Å²) in [5.41, 5.74) is 1.54. The van der Waals surface area contributed by atoms with Crippen molar-refractivity contribution in [1.82, 2.24) is 4.90 Å². The van der Waals surface area contributed by atoms with Crippen molar-refractivity contribution in [1.29, 1.82) is 0 Å². The number of hydrogen-bond acceptors (Lipinski definition) is 2. The maximum absolute atomic E-state index is 13.3. The largest absolute Gasteiger partial charge is 0.343 e. The van der Waals surface area contributed by atoms with Gasteiger partial charge >= 0.3 is 0 Å². The van der Waals surface area contributed by atoms with E-state index in [1.807, 2.05) is 30.3 Å². The summed E-state index contributed by atoms with van der Waals surface area (Å²) in [4.78, 5) is 26.7. The number of hydrogen-bond donors (Lipinski definition) is 1. The van der Waals surface area contributed by atoms with Gasteiger partial charge < -0.3 is 10.2 Å². The first-order valence-electron chi connectivity index (χ1n) is 8.81. The number of aryl methyl sites for hydroxylation is 1. The van der Waals surface area contributed by atoms with Crippen molar-refractivity contribution in [2.45, 2.75) is 32.1 Å². The maximum atomic E-state index is 13.3. The van der Waals surface area contributed by atoms with Crippen LogP contribution in [0.15, 0.2) is 48.5 Å². The number of rotatable bonds is 3. The van der Waals surface area contributed by atoms with Crippen LogP contribution < -0.4 is 5.32 Å². The minimum atomic E-state index is -0.700. The number of carbonyl (C=O) groups is 2. The fourth-order valence-corrected chi connectivity index (χ4v) is 3.62. The third-order valence-corrected chi connectivity index (χ3v) is 5.26. The van der Waals surface area contributed by atoms with E-state index in [1.165, 1.54) is 12.1 Å².